The van der Waals surface area contributed by atoms with E-state index in [1.54, 1.807) is 12.1 Å². The third kappa shape index (κ3) is 4.66. The highest BCUT2D eigenvalue weighted by Crippen LogP contribution is 2.35. The molecule has 1 saturated heterocycles. The summed E-state index contributed by atoms with van der Waals surface area (Å²) in [6.07, 6.45) is 0. The maximum atomic E-state index is 9.40. The fourth-order valence-electron chi connectivity index (χ4n) is 3.60. The molecule has 158 valence electrons. The maximum Gasteiger partial charge on any atom is 0.138 e. The molecule has 0 atom stereocenters. The van der Waals surface area contributed by atoms with E-state index in [9.17, 15) is 5.26 Å². The summed E-state index contributed by atoms with van der Waals surface area (Å²) in [6, 6.07) is 15.3. The molecule has 2 N–H and O–H groups in total. The van der Waals surface area contributed by atoms with Crippen molar-refractivity contribution in [1.82, 2.24) is 9.97 Å². The number of ether oxygens (including phenoxy) is 2. The molecule has 31 heavy (non-hydrogen) atoms. The molecule has 1 fully saturated rings. The Kier molecular flexibility index (Phi) is 6.12. The van der Waals surface area contributed by atoms with Crippen LogP contribution >= 0.6 is 0 Å². The van der Waals surface area contributed by atoms with Gasteiger partial charge in [-0.15, -0.1) is 0 Å². The number of hydrogen-bond acceptors (Lipinski definition) is 7. The van der Waals surface area contributed by atoms with Gasteiger partial charge in [-0.25, -0.2) is 4.98 Å². The molecule has 0 bridgehead atoms. The van der Waals surface area contributed by atoms with Crippen LogP contribution in [0.25, 0.3) is 11.3 Å². The average molecular weight is 415 g/mol. The lowest BCUT2D eigenvalue weighted by Gasteiger charge is -2.28. The van der Waals surface area contributed by atoms with Crippen molar-refractivity contribution in [2.75, 3.05) is 31.2 Å². The molecule has 1 aliphatic rings. The number of aryl methyl sites for hydroxylation is 2. The molecule has 2 aromatic heterocycles. The average Bonchev–Trinajstić information content (AvgIpc) is 2.79. The number of benzene rings is 1. The summed E-state index contributed by atoms with van der Waals surface area (Å²) in [7, 11) is 0. The fraction of sp³-hybridized carbons (Fsp3) is 0.292. The van der Waals surface area contributed by atoms with Gasteiger partial charge in [0.15, 0.2) is 0 Å². The van der Waals surface area contributed by atoms with E-state index in [-0.39, 0.29) is 0 Å². The van der Waals surface area contributed by atoms with Crippen molar-refractivity contribution in [1.29, 1.82) is 5.26 Å². The first-order chi connectivity index (χ1) is 15.1. The summed E-state index contributed by atoms with van der Waals surface area (Å²) in [6.45, 7) is 7.28. The van der Waals surface area contributed by atoms with Crippen LogP contribution in [0.5, 0.6) is 11.5 Å². The van der Waals surface area contributed by atoms with Crippen LogP contribution in [0.15, 0.2) is 42.5 Å². The summed E-state index contributed by atoms with van der Waals surface area (Å²) in [4.78, 5) is 11.5. The zero-order valence-electron chi connectivity index (χ0n) is 17.8. The molecule has 1 aromatic carbocycles. The highest BCUT2D eigenvalue weighted by atomic mass is 16.5. The smallest absolute Gasteiger partial charge is 0.138 e. The summed E-state index contributed by atoms with van der Waals surface area (Å²) < 4.78 is 11.7. The molecule has 7 nitrogen and oxygen atoms in total. The monoisotopic (exact) mass is 415 g/mol. The van der Waals surface area contributed by atoms with Gasteiger partial charge in [-0.1, -0.05) is 6.07 Å². The van der Waals surface area contributed by atoms with Crippen LogP contribution in [-0.2, 0) is 11.3 Å². The molecule has 0 spiro atoms. The van der Waals surface area contributed by atoms with Crippen LogP contribution < -0.4 is 15.4 Å². The minimum atomic E-state index is 0.441. The molecule has 0 aliphatic carbocycles. The first-order valence-corrected chi connectivity index (χ1v) is 10.3. The second-order valence-electron chi connectivity index (χ2n) is 7.47. The van der Waals surface area contributed by atoms with Crippen molar-refractivity contribution < 1.29 is 9.47 Å². The Labute approximate surface area is 182 Å². The summed E-state index contributed by atoms with van der Waals surface area (Å²) >= 11 is 0. The Morgan fingerprint density at radius 1 is 1.10 bits per heavy atom. The second-order valence-corrected chi connectivity index (χ2v) is 7.47. The zero-order chi connectivity index (χ0) is 21.8. The van der Waals surface area contributed by atoms with Gasteiger partial charge in [0.05, 0.1) is 30.5 Å². The van der Waals surface area contributed by atoms with Crippen molar-refractivity contribution in [3.05, 3.63) is 65.0 Å². The normalized spacial score (nSPS) is 13.7. The van der Waals surface area contributed by atoms with Gasteiger partial charge in [0.2, 0.25) is 0 Å². The van der Waals surface area contributed by atoms with Crippen molar-refractivity contribution in [3.63, 3.8) is 0 Å². The number of nitrogens with zero attached hydrogens (tertiary/aromatic N) is 4. The van der Waals surface area contributed by atoms with Crippen molar-refractivity contribution in [2.45, 2.75) is 20.4 Å². The number of anilines is 1. The van der Waals surface area contributed by atoms with Crippen LogP contribution in [-0.4, -0.2) is 36.3 Å². The molecule has 3 heterocycles. The largest absolute Gasteiger partial charge is 0.456 e. The topological polar surface area (TPSA) is 97.3 Å². The molecule has 0 saturated carbocycles. The van der Waals surface area contributed by atoms with Crippen molar-refractivity contribution in [2.24, 2.45) is 5.73 Å². The van der Waals surface area contributed by atoms with Gasteiger partial charge < -0.3 is 20.1 Å². The standard InChI is InChI=1S/C24H25N5O2/c1-16-11-20(13-24(27-16)29-7-9-30-10-8-29)31-23-12-18(14-25)3-5-21(23)22-6-4-19(15-26)17(2)28-22/h3-6,11-13H,7-10,15,26H2,1-2H3. The van der Waals surface area contributed by atoms with E-state index < -0.39 is 0 Å². The number of morpholine rings is 1. The van der Waals surface area contributed by atoms with Gasteiger partial charge in [0.25, 0.3) is 0 Å². The molecule has 7 heteroatoms. The highest BCUT2D eigenvalue weighted by molar-refractivity contribution is 5.69. The van der Waals surface area contributed by atoms with Gasteiger partial charge >= 0.3 is 0 Å². The summed E-state index contributed by atoms with van der Waals surface area (Å²) in [5.74, 6) is 2.10. The van der Waals surface area contributed by atoms with Crippen LogP contribution in [0, 0.1) is 25.2 Å². The second kappa shape index (κ2) is 9.13. The molecule has 3 aromatic rings. The number of nitriles is 1. The predicted molar refractivity (Wildman–Crippen MR) is 119 cm³/mol. The fourth-order valence-corrected chi connectivity index (χ4v) is 3.60. The van der Waals surface area contributed by atoms with E-state index in [0.29, 0.717) is 36.8 Å². The van der Waals surface area contributed by atoms with Crippen LogP contribution in [0.4, 0.5) is 5.82 Å². The lowest BCUT2D eigenvalue weighted by molar-refractivity contribution is 0.122. The SMILES string of the molecule is Cc1cc(Oc2cc(C#N)ccc2-c2ccc(CN)c(C)n2)cc(N2CCOCC2)n1. The lowest BCUT2D eigenvalue weighted by Crippen LogP contribution is -2.36. The molecule has 1 aliphatic heterocycles. The number of aromatic nitrogens is 2. The van der Waals surface area contributed by atoms with E-state index in [2.05, 4.69) is 16.0 Å². The first kappa shape index (κ1) is 20.8. The van der Waals surface area contributed by atoms with Gasteiger partial charge in [-0.3, -0.25) is 4.98 Å². The minimum absolute atomic E-state index is 0.441. The number of nitrogens with two attached hydrogens (primary N) is 1. The van der Waals surface area contributed by atoms with Crippen molar-refractivity contribution >= 4 is 5.82 Å². The van der Waals surface area contributed by atoms with Crippen molar-refractivity contribution in [3.8, 4) is 28.8 Å². The molecule has 0 unspecified atom stereocenters. The molecule has 0 amide bonds. The first-order valence-electron chi connectivity index (χ1n) is 10.3. The Morgan fingerprint density at radius 2 is 1.90 bits per heavy atom. The van der Waals surface area contributed by atoms with Crippen LogP contribution in [0.1, 0.15) is 22.5 Å². The maximum absolute atomic E-state index is 9.40. The lowest BCUT2D eigenvalue weighted by atomic mass is 10.1. The third-order valence-corrected chi connectivity index (χ3v) is 5.28. The van der Waals surface area contributed by atoms with E-state index >= 15 is 0 Å². The predicted octanol–water partition coefficient (Wildman–Crippen LogP) is 3.72. The van der Waals surface area contributed by atoms with Gasteiger partial charge in [0, 0.05) is 48.7 Å². The Morgan fingerprint density at radius 3 is 2.61 bits per heavy atom. The van der Waals surface area contributed by atoms with Crippen LogP contribution in [0.2, 0.25) is 0 Å². The van der Waals surface area contributed by atoms with E-state index in [1.165, 1.54) is 0 Å². The quantitative estimate of drug-likeness (QED) is 0.678. The molecular formula is C24H25N5O2. The Hall–Kier alpha value is -3.47. The summed E-state index contributed by atoms with van der Waals surface area (Å²) in [5, 5.41) is 9.40. The zero-order valence-corrected chi connectivity index (χ0v) is 17.8. The van der Waals surface area contributed by atoms with E-state index in [4.69, 9.17) is 20.2 Å². The number of pyridine rings is 2. The van der Waals surface area contributed by atoms with Gasteiger partial charge in [-0.05, 0) is 43.7 Å². The molecule has 4 rings (SSSR count). The molecular weight excluding hydrogens is 390 g/mol. The highest BCUT2D eigenvalue weighted by Gasteiger charge is 2.16. The Bertz CT molecular complexity index is 1130. The van der Waals surface area contributed by atoms with E-state index in [0.717, 1.165) is 47.1 Å². The number of hydrogen-bond donors (Lipinski definition) is 1. The third-order valence-electron chi connectivity index (χ3n) is 5.28. The van der Waals surface area contributed by atoms with Gasteiger partial charge in [0.1, 0.15) is 17.3 Å². The molecule has 0 radical (unpaired) electrons. The minimum Gasteiger partial charge on any atom is -0.456 e. The van der Waals surface area contributed by atoms with Crippen LogP contribution in [0.3, 0.4) is 0 Å². The summed E-state index contributed by atoms with van der Waals surface area (Å²) in [5.41, 5.74) is 10.6. The van der Waals surface area contributed by atoms with E-state index in [1.807, 2.05) is 44.2 Å². The Balaban J connectivity index is 1.72. The van der Waals surface area contributed by atoms with Gasteiger partial charge in [-0.2, -0.15) is 5.26 Å². The number of rotatable bonds is 5.